The van der Waals surface area contributed by atoms with E-state index in [-0.39, 0.29) is 17.2 Å². The number of pyridine rings is 1. The highest BCUT2D eigenvalue weighted by molar-refractivity contribution is 7.70. The lowest BCUT2D eigenvalue weighted by molar-refractivity contribution is 0.563. The summed E-state index contributed by atoms with van der Waals surface area (Å²) in [4.78, 5) is 17.3. The van der Waals surface area contributed by atoms with Crippen molar-refractivity contribution >= 4 is 16.6 Å². The van der Waals surface area contributed by atoms with Gasteiger partial charge in [-0.25, -0.2) is 21.9 Å². The van der Waals surface area contributed by atoms with Crippen molar-refractivity contribution in [3.05, 3.63) is 92.9 Å². The zero-order valence-electron chi connectivity index (χ0n) is 18.3. The van der Waals surface area contributed by atoms with Crippen molar-refractivity contribution in [1.29, 1.82) is 0 Å². The largest absolute Gasteiger partial charge is 0.318 e. The van der Waals surface area contributed by atoms with E-state index in [0.29, 0.717) is 39.9 Å². The summed E-state index contributed by atoms with van der Waals surface area (Å²) in [5.41, 5.74) is 3.56. The van der Waals surface area contributed by atoms with Crippen molar-refractivity contribution in [2.75, 3.05) is 0 Å². The Morgan fingerprint density at radius 2 is 1.79 bits per heavy atom. The molecule has 2 atom stereocenters. The number of nitrogens with zero attached hydrogens (tertiary/aromatic N) is 2. The zero-order chi connectivity index (χ0) is 23.9. The highest BCUT2D eigenvalue weighted by atomic mass is 32.2. The summed E-state index contributed by atoms with van der Waals surface area (Å²) in [6, 6.07) is 9.07. The van der Waals surface area contributed by atoms with Crippen molar-refractivity contribution in [1.82, 2.24) is 9.29 Å². The fraction of sp³-hybridized carbons (Fsp3) is 0.250. The fourth-order valence-corrected chi connectivity index (χ4v) is 4.61. The molecule has 0 radical (unpaired) electrons. The van der Waals surface area contributed by atoms with E-state index < -0.39 is 28.6 Å². The van der Waals surface area contributed by atoms with Crippen molar-refractivity contribution < 1.29 is 17.2 Å². The Morgan fingerprint density at radius 3 is 2.42 bits per heavy atom. The molecule has 2 unspecified atom stereocenters. The normalized spacial score (nSPS) is 16.1. The molecule has 1 aromatic heterocycles. The second-order valence-electron chi connectivity index (χ2n) is 8.03. The molecular formula is C24H23F2N3O3S. The predicted octanol–water partition coefficient (Wildman–Crippen LogP) is 3.81. The van der Waals surface area contributed by atoms with E-state index in [1.807, 2.05) is 6.92 Å². The van der Waals surface area contributed by atoms with Gasteiger partial charge in [0.15, 0.2) is 0 Å². The lowest BCUT2D eigenvalue weighted by Crippen LogP contribution is -2.19. The maximum atomic E-state index is 15.3. The number of hydrogen-bond acceptors (Lipinski definition) is 4. The molecule has 4 rings (SSSR count). The van der Waals surface area contributed by atoms with E-state index in [0.717, 1.165) is 0 Å². The number of nitrogens with one attached hydrogen (secondary N) is 1. The van der Waals surface area contributed by atoms with Gasteiger partial charge in [-0.2, -0.15) is 0 Å². The first-order chi connectivity index (χ1) is 15.7. The van der Waals surface area contributed by atoms with E-state index in [9.17, 15) is 17.6 Å². The molecule has 1 aliphatic rings. The minimum absolute atomic E-state index is 0.168. The van der Waals surface area contributed by atoms with Gasteiger partial charge >= 0.3 is 0 Å². The van der Waals surface area contributed by atoms with Gasteiger partial charge in [0, 0.05) is 47.6 Å². The van der Waals surface area contributed by atoms with Gasteiger partial charge in [-0.3, -0.25) is 9.79 Å². The minimum atomic E-state index is -2.93. The molecule has 0 amide bonds. The van der Waals surface area contributed by atoms with Crippen LogP contribution in [0.3, 0.4) is 0 Å². The van der Waals surface area contributed by atoms with Crippen LogP contribution in [0.2, 0.25) is 0 Å². The lowest BCUT2D eigenvalue weighted by atomic mass is 9.89. The molecule has 33 heavy (non-hydrogen) atoms. The van der Waals surface area contributed by atoms with E-state index in [1.165, 1.54) is 28.8 Å². The number of aromatic nitrogens is 1. The topological polar surface area (TPSA) is 80.5 Å². The number of aliphatic imine (C=N–C) groups is 1. The second-order valence-corrected chi connectivity index (χ2v) is 8.80. The molecular weight excluding hydrogens is 448 g/mol. The van der Waals surface area contributed by atoms with Crippen LogP contribution in [0.4, 0.5) is 8.78 Å². The Hall–Kier alpha value is -3.17. The number of benzene rings is 2. The van der Waals surface area contributed by atoms with Gasteiger partial charge in [0.05, 0.1) is 11.8 Å². The number of halogens is 2. The standard InChI is InChI=1S/C24H23F2N3O3S/c1-4-22-18-11-23(30)29(3)12-20(18)17-9-16(13(2)28-33(31)32)21(26)10-19(17)24(27-22)14-5-7-15(25)8-6-14/h5-13,22,33H,4H2,1-3H3,(H,28,31,32). The lowest BCUT2D eigenvalue weighted by Gasteiger charge is -2.18. The Balaban J connectivity index is 2.06. The van der Waals surface area contributed by atoms with Gasteiger partial charge in [0.25, 0.3) is 5.56 Å². The summed E-state index contributed by atoms with van der Waals surface area (Å²) in [5, 5.41) is 0. The van der Waals surface area contributed by atoms with Crippen LogP contribution >= 0.6 is 0 Å². The summed E-state index contributed by atoms with van der Waals surface area (Å²) in [5.74, 6) is -0.999. The molecule has 0 spiro atoms. The molecule has 0 aliphatic carbocycles. The summed E-state index contributed by atoms with van der Waals surface area (Å²) in [6.45, 7) is 3.49. The predicted molar refractivity (Wildman–Crippen MR) is 124 cm³/mol. The maximum absolute atomic E-state index is 15.3. The van der Waals surface area contributed by atoms with E-state index in [4.69, 9.17) is 4.99 Å². The van der Waals surface area contributed by atoms with Gasteiger partial charge in [0.1, 0.15) is 11.6 Å². The Morgan fingerprint density at radius 1 is 1.09 bits per heavy atom. The average Bonchev–Trinajstić information content (AvgIpc) is 2.88. The number of thiol groups is 1. The van der Waals surface area contributed by atoms with Crippen molar-refractivity contribution in [2.24, 2.45) is 12.0 Å². The molecule has 1 aliphatic heterocycles. The van der Waals surface area contributed by atoms with Crippen LogP contribution in [0.15, 0.2) is 58.4 Å². The van der Waals surface area contributed by atoms with Gasteiger partial charge in [-0.05, 0) is 60.9 Å². The zero-order valence-corrected chi connectivity index (χ0v) is 19.2. The first kappa shape index (κ1) is 23.0. The molecule has 9 heteroatoms. The molecule has 0 saturated heterocycles. The van der Waals surface area contributed by atoms with E-state index >= 15 is 4.39 Å². The molecule has 172 valence electrons. The third-order valence-electron chi connectivity index (χ3n) is 5.86. The average molecular weight is 472 g/mol. The number of rotatable bonds is 5. The Bertz CT molecular complexity index is 1390. The summed E-state index contributed by atoms with van der Waals surface area (Å²) < 4.78 is 55.0. The molecule has 2 aromatic carbocycles. The minimum Gasteiger partial charge on any atom is -0.318 e. The number of fused-ring (bicyclic) bond motifs is 3. The van der Waals surface area contributed by atoms with Crippen LogP contribution < -0.4 is 10.3 Å². The van der Waals surface area contributed by atoms with Crippen LogP contribution in [0.25, 0.3) is 11.1 Å². The number of hydrogen-bond donors (Lipinski definition) is 2. The molecule has 3 aromatic rings. The van der Waals surface area contributed by atoms with Crippen molar-refractivity contribution in [2.45, 2.75) is 32.4 Å². The molecule has 6 nitrogen and oxygen atoms in total. The highest BCUT2D eigenvalue weighted by Gasteiger charge is 2.27. The smallest absolute Gasteiger partial charge is 0.250 e. The van der Waals surface area contributed by atoms with E-state index in [2.05, 4.69) is 4.72 Å². The van der Waals surface area contributed by atoms with Crippen LogP contribution in [-0.2, 0) is 17.9 Å². The highest BCUT2D eigenvalue weighted by Crippen LogP contribution is 2.40. The van der Waals surface area contributed by atoms with Crippen molar-refractivity contribution in [3.8, 4) is 11.1 Å². The molecule has 0 fully saturated rings. The molecule has 1 N–H and O–H groups in total. The van der Waals surface area contributed by atoms with Crippen LogP contribution in [0.5, 0.6) is 0 Å². The maximum Gasteiger partial charge on any atom is 0.250 e. The Labute approximate surface area is 191 Å². The Kier molecular flexibility index (Phi) is 6.27. The third kappa shape index (κ3) is 4.38. The van der Waals surface area contributed by atoms with Gasteiger partial charge in [-0.1, -0.05) is 6.92 Å². The van der Waals surface area contributed by atoms with Crippen LogP contribution in [0.1, 0.15) is 54.6 Å². The summed E-state index contributed by atoms with van der Waals surface area (Å²) in [6.07, 6.45) is 2.28. The second kappa shape index (κ2) is 8.99. The molecule has 0 saturated carbocycles. The first-order valence-corrected chi connectivity index (χ1v) is 11.7. The fourth-order valence-electron chi connectivity index (χ4n) is 4.16. The molecule has 2 heterocycles. The van der Waals surface area contributed by atoms with Crippen molar-refractivity contribution in [3.63, 3.8) is 0 Å². The molecule has 0 bridgehead atoms. The SMILES string of the molecule is CCC1N=C(c2ccc(F)cc2)c2cc(F)c(C(C)N[SH](=O)=O)cc2-c2cn(C)c(=O)cc21. The first-order valence-electron chi connectivity index (χ1n) is 10.5. The monoisotopic (exact) mass is 471 g/mol. The van der Waals surface area contributed by atoms with Gasteiger partial charge in [-0.15, -0.1) is 0 Å². The van der Waals surface area contributed by atoms with E-state index in [1.54, 1.807) is 38.4 Å². The van der Waals surface area contributed by atoms with Crippen LogP contribution in [-0.4, -0.2) is 18.7 Å². The van der Waals surface area contributed by atoms with Gasteiger partial charge < -0.3 is 4.57 Å². The summed E-state index contributed by atoms with van der Waals surface area (Å²) >= 11 is 0. The number of aryl methyl sites for hydroxylation is 1. The third-order valence-corrected chi connectivity index (χ3v) is 6.45. The van der Waals surface area contributed by atoms with Gasteiger partial charge in [0.2, 0.25) is 10.9 Å². The quantitative estimate of drug-likeness (QED) is 0.556. The van der Waals surface area contributed by atoms with Crippen LogP contribution in [0, 0.1) is 11.6 Å². The summed E-state index contributed by atoms with van der Waals surface area (Å²) in [7, 11) is -1.30.